The summed E-state index contributed by atoms with van der Waals surface area (Å²) in [6.07, 6.45) is 2.97. The molecule has 0 amide bonds. The predicted molar refractivity (Wildman–Crippen MR) is 65.6 cm³/mol. The highest BCUT2D eigenvalue weighted by atomic mass is 19.3. The van der Waals surface area contributed by atoms with Crippen molar-refractivity contribution in [1.82, 2.24) is 14.9 Å². The van der Waals surface area contributed by atoms with E-state index in [0.717, 1.165) is 11.9 Å². The van der Waals surface area contributed by atoms with Crippen molar-refractivity contribution in [2.45, 2.75) is 24.8 Å². The van der Waals surface area contributed by atoms with E-state index in [1.807, 2.05) is 11.6 Å². The van der Waals surface area contributed by atoms with Gasteiger partial charge in [-0.3, -0.25) is 0 Å². The van der Waals surface area contributed by atoms with Gasteiger partial charge in [0.25, 0.3) is 5.92 Å². The van der Waals surface area contributed by atoms with Crippen LogP contribution in [0.3, 0.4) is 0 Å². The summed E-state index contributed by atoms with van der Waals surface area (Å²) in [5, 5.41) is 2.87. The van der Waals surface area contributed by atoms with E-state index in [9.17, 15) is 8.78 Å². The van der Waals surface area contributed by atoms with Crippen LogP contribution < -0.4 is 5.32 Å². The Hall–Kier alpha value is -1.49. The average Bonchev–Trinajstić information content (AvgIpc) is 2.99. The molecular weight excluding hydrogens is 236 g/mol. The topological polar surface area (TPSA) is 29.9 Å². The Balaban J connectivity index is 2.02. The van der Waals surface area contributed by atoms with Gasteiger partial charge < -0.3 is 9.88 Å². The fourth-order valence-corrected chi connectivity index (χ4v) is 2.54. The highest BCUT2D eigenvalue weighted by Gasteiger charge is 2.42. The summed E-state index contributed by atoms with van der Waals surface area (Å²) in [4.78, 5) is 4.13. The number of rotatable bonds is 2. The number of aromatic nitrogens is 2. The van der Waals surface area contributed by atoms with Crippen molar-refractivity contribution in [3.8, 4) is 0 Å². The van der Waals surface area contributed by atoms with Crippen LogP contribution >= 0.6 is 0 Å². The molecule has 1 saturated heterocycles. The van der Waals surface area contributed by atoms with Gasteiger partial charge >= 0.3 is 0 Å². The molecule has 0 spiro atoms. The molecule has 1 fully saturated rings. The van der Waals surface area contributed by atoms with Crippen LogP contribution in [-0.2, 0) is 13.0 Å². The molecule has 1 aliphatic rings. The first-order valence-corrected chi connectivity index (χ1v) is 6.12. The van der Waals surface area contributed by atoms with Crippen molar-refractivity contribution in [3.63, 3.8) is 0 Å². The van der Waals surface area contributed by atoms with Gasteiger partial charge in [-0.2, -0.15) is 8.78 Å². The van der Waals surface area contributed by atoms with Crippen LogP contribution in [0.5, 0.6) is 0 Å². The number of halogens is 2. The van der Waals surface area contributed by atoms with E-state index in [4.69, 9.17) is 0 Å². The Labute approximate surface area is 104 Å². The second-order valence-electron chi connectivity index (χ2n) is 4.83. The van der Waals surface area contributed by atoms with E-state index in [1.165, 1.54) is 12.1 Å². The molecule has 2 heterocycles. The van der Waals surface area contributed by atoms with Gasteiger partial charge in [-0.25, -0.2) is 4.98 Å². The maximum Gasteiger partial charge on any atom is 0.288 e. The summed E-state index contributed by atoms with van der Waals surface area (Å²) in [6, 6.07) is 3.96. The molecule has 3 rings (SSSR count). The third-order valence-corrected chi connectivity index (χ3v) is 3.61. The highest BCUT2D eigenvalue weighted by molar-refractivity contribution is 5.76. The van der Waals surface area contributed by atoms with Crippen LogP contribution in [0, 0.1) is 0 Å². The first-order chi connectivity index (χ1) is 8.59. The maximum atomic E-state index is 14.3. The van der Waals surface area contributed by atoms with Gasteiger partial charge in [-0.1, -0.05) is 6.07 Å². The smallest absolute Gasteiger partial charge is 0.288 e. The lowest BCUT2D eigenvalue weighted by atomic mass is 9.99. The fraction of sp³-hybridized carbons (Fsp3) is 0.462. The maximum absolute atomic E-state index is 14.3. The van der Waals surface area contributed by atoms with Crippen molar-refractivity contribution in [2.75, 3.05) is 6.54 Å². The van der Waals surface area contributed by atoms with E-state index < -0.39 is 12.0 Å². The quantitative estimate of drug-likeness (QED) is 0.888. The normalized spacial score (nSPS) is 20.7. The summed E-state index contributed by atoms with van der Waals surface area (Å²) < 4.78 is 30.4. The summed E-state index contributed by atoms with van der Waals surface area (Å²) >= 11 is 0. The Morgan fingerprint density at radius 3 is 3.00 bits per heavy atom. The SMILES string of the molecule is Cn1cnc2cc(C(F)(F)C3CCCN3)ccc21. The Morgan fingerprint density at radius 2 is 2.28 bits per heavy atom. The van der Waals surface area contributed by atoms with Crippen molar-refractivity contribution >= 4 is 11.0 Å². The van der Waals surface area contributed by atoms with Crippen LogP contribution in [-0.4, -0.2) is 22.1 Å². The summed E-state index contributed by atoms with van der Waals surface area (Å²) in [5.41, 5.74) is 1.54. The second-order valence-corrected chi connectivity index (χ2v) is 4.83. The molecule has 1 aliphatic heterocycles. The van der Waals surface area contributed by atoms with Crippen LogP contribution in [0.4, 0.5) is 8.78 Å². The number of hydrogen-bond acceptors (Lipinski definition) is 2. The first kappa shape index (κ1) is 11.6. The fourth-order valence-electron chi connectivity index (χ4n) is 2.54. The molecule has 1 atom stereocenters. The number of alkyl halides is 2. The van der Waals surface area contributed by atoms with Gasteiger partial charge in [0.1, 0.15) is 0 Å². The molecule has 0 radical (unpaired) electrons. The Kier molecular flexibility index (Phi) is 2.59. The zero-order valence-electron chi connectivity index (χ0n) is 10.2. The monoisotopic (exact) mass is 251 g/mol. The lowest BCUT2D eigenvalue weighted by Gasteiger charge is -2.23. The molecule has 0 aliphatic carbocycles. The van der Waals surface area contributed by atoms with Gasteiger partial charge in [0.15, 0.2) is 0 Å². The standard InChI is InChI=1S/C13H15F2N3/c1-18-8-17-10-7-9(4-5-11(10)18)13(14,15)12-3-2-6-16-12/h4-5,7-8,12,16H,2-3,6H2,1H3. The minimum absolute atomic E-state index is 0.0492. The van der Waals surface area contributed by atoms with Crippen LogP contribution in [0.1, 0.15) is 18.4 Å². The molecule has 3 nitrogen and oxygen atoms in total. The van der Waals surface area contributed by atoms with Gasteiger partial charge in [0.05, 0.1) is 23.4 Å². The third-order valence-electron chi connectivity index (χ3n) is 3.61. The molecule has 18 heavy (non-hydrogen) atoms. The number of hydrogen-bond donors (Lipinski definition) is 1. The molecule has 5 heteroatoms. The number of fused-ring (bicyclic) bond motifs is 1. The minimum atomic E-state index is -2.83. The zero-order chi connectivity index (χ0) is 12.8. The van der Waals surface area contributed by atoms with Crippen molar-refractivity contribution in [1.29, 1.82) is 0 Å². The molecular formula is C13H15F2N3. The summed E-state index contributed by atoms with van der Waals surface area (Å²) in [6.45, 7) is 0.673. The number of nitrogens with one attached hydrogen (secondary N) is 1. The predicted octanol–water partition coefficient (Wildman–Crippen LogP) is 2.42. The van der Waals surface area contributed by atoms with Gasteiger partial charge in [-0.15, -0.1) is 0 Å². The van der Waals surface area contributed by atoms with Gasteiger partial charge in [0.2, 0.25) is 0 Å². The summed E-state index contributed by atoms with van der Waals surface area (Å²) in [7, 11) is 1.85. The lowest BCUT2D eigenvalue weighted by molar-refractivity contribution is -0.0375. The highest BCUT2D eigenvalue weighted by Crippen LogP contribution is 2.36. The molecule has 0 bridgehead atoms. The van der Waals surface area contributed by atoms with Gasteiger partial charge in [0, 0.05) is 12.6 Å². The average molecular weight is 251 g/mol. The van der Waals surface area contributed by atoms with Crippen LogP contribution in [0.2, 0.25) is 0 Å². The van der Waals surface area contributed by atoms with E-state index >= 15 is 0 Å². The lowest BCUT2D eigenvalue weighted by Crippen LogP contribution is -2.38. The number of aryl methyl sites for hydroxylation is 1. The van der Waals surface area contributed by atoms with Crippen molar-refractivity contribution < 1.29 is 8.78 Å². The molecule has 1 aromatic carbocycles. The first-order valence-electron chi connectivity index (χ1n) is 6.12. The van der Waals surface area contributed by atoms with E-state index in [-0.39, 0.29) is 5.56 Å². The van der Waals surface area contributed by atoms with Crippen molar-refractivity contribution in [3.05, 3.63) is 30.1 Å². The second kappa shape index (κ2) is 4.02. The number of nitrogens with zero attached hydrogens (tertiary/aromatic N) is 2. The Bertz CT molecular complexity index is 571. The third kappa shape index (κ3) is 1.70. The number of imidazole rings is 1. The number of benzene rings is 1. The molecule has 2 aromatic rings. The molecule has 0 saturated carbocycles. The van der Waals surface area contributed by atoms with E-state index in [2.05, 4.69) is 10.3 Å². The Morgan fingerprint density at radius 1 is 1.44 bits per heavy atom. The zero-order valence-corrected chi connectivity index (χ0v) is 10.2. The van der Waals surface area contributed by atoms with E-state index in [0.29, 0.717) is 18.5 Å². The van der Waals surface area contributed by atoms with E-state index in [1.54, 1.807) is 12.4 Å². The molecule has 96 valence electrons. The molecule has 1 unspecified atom stereocenters. The minimum Gasteiger partial charge on any atom is -0.334 e. The van der Waals surface area contributed by atoms with Crippen LogP contribution in [0.25, 0.3) is 11.0 Å². The summed E-state index contributed by atoms with van der Waals surface area (Å²) in [5.74, 6) is -2.83. The molecule has 1 aromatic heterocycles. The molecule has 1 N–H and O–H groups in total. The van der Waals surface area contributed by atoms with Crippen molar-refractivity contribution in [2.24, 2.45) is 7.05 Å². The van der Waals surface area contributed by atoms with Crippen LogP contribution in [0.15, 0.2) is 24.5 Å². The van der Waals surface area contributed by atoms with Gasteiger partial charge in [-0.05, 0) is 31.5 Å². The largest absolute Gasteiger partial charge is 0.334 e.